The van der Waals surface area contributed by atoms with Gasteiger partial charge >= 0.3 is 0 Å². The van der Waals surface area contributed by atoms with Crippen LogP contribution in [0.3, 0.4) is 0 Å². The number of para-hydroxylation sites is 1. The van der Waals surface area contributed by atoms with Crippen molar-refractivity contribution in [2.75, 3.05) is 18.6 Å². The maximum absolute atomic E-state index is 14.9. The van der Waals surface area contributed by atoms with Crippen LogP contribution in [0.25, 0.3) is 17.1 Å². The molecule has 10 heteroatoms. The van der Waals surface area contributed by atoms with Gasteiger partial charge in [0.05, 0.1) is 40.6 Å². The van der Waals surface area contributed by atoms with Crippen LogP contribution in [-0.4, -0.2) is 43.5 Å². The number of fused-ring (bicyclic) bond motifs is 3. The van der Waals surface area contributed by atoms with Gasteiger partial charge in [-0.2, -0.15) is 0 Å². The number of ether oxygens (including phenoxy) is 1. The molecule has 0 bridgehead atoms. The number of amides is 1. The highest BCUT2D eigenvalue weighted by molar-refractivity contribution is 6.06. The number of imidazole rings is 1. The lowest BCUT2D eigenvalue weighted by molar-refractivity contribution is 0.102. The molecule has 2 aliphatic rings. The molecule has 1 atom stereocenters. The van der Waals surface area contributed by atoms with E-state index in [1.54, 1.807) is 36.0 Å². The topological polar surface area (TPSA) is 86.9 Å². The zero-order valence-electron chi connectivity index (χ0n) is 18.9. The van der Waals surface area contributed by atoms with Gasteiger partial charge in [0, 0.05) is 12.1 Å². The summed E-state index contributed by atoms with van der Waals surface area (Å²) in [4.78, 5) is 17.7. The molecule has 4 aromatic rings. The number of hydrogen-bond acceptors (Lipinski definition) is 5. The third kappa shape index (κ3) is 3.74. The third-order valence-electron chi connectivity index (χ3n) is 6.48. The monoisotopic (exact) mass is 476 g/mol. The summed E-state index contributed by atoms with van der Waals surface area (Å²) in [5.41, 5.74) is 3.16. The number of carbonyl (C=O) groups is 1. The Morgan fingerprint density at radius 1 is 1.26 bits per heavy atom. The minimum atomic E-state index is -0.658. The van der Waals surface area contributed by atoms with Crippen LogP contribution < -0.4 is 10.1 Å². The first-order chi connectivity index (χ1) is 17.0. The largest absolute Gasteiger partial charge is 0.488 e. The molecule has 2 aromatic carbocycles. The number of hydrogen-bond donors (Lipinski definition) is 1. The minimum absolute atomic E-state index is 0.0361. The van der Waals surface area contributed by atoms with Crippen LogP contribution >= 0.6 is 0 Å². The molecule has 1 fully saturated rings. The molecular weight excluding hydrogens is 454 g/mol. The van der Waals surface area contributed by atoms with Gasteiger partial charge in [-0.25, -0.2) is 13.8 Å². The van der Waals surface area contributed by atoms with E-state index in [4.69, 9.17) is 4.74 Å². The van der Waals surface area contributed by atoms with Crippen LogP contribution in [0.15, 0.2) is 49.2 Å². The summed E-state index contributed by atoms with van der Waals surface area (Å²) < 4.78 is 37.8. The van der Waals surface area contributed by atoms with Crippen molar-refractivity contribution < 1.29 is 18.3 Å². The highest BCUT2D eigenvalue weighted by Gasteiger charge is 2.28. The molecule has 0 radical (unpaired) electrons. The van der Waals surface area contributed by atoms with Crippen molar-refractivity contribution in [3.63, 3.8) is 0 Å². The Labute approximate surface area is 199 Å². The summed E-state index contributed by atoms with van der Waals surface area (Å²) >= 11 is 0. The number of alkyl halides is 1. The molecule has 6 rings (SSSR count). The minimum Gasteiger partial charge on any atom is -0.488 e. The van der Waals surface area contributed by atoms with Gasteiger partial charge in [-0.05, 0) is 49.6 Å². The summed E-state index contributed by atoms with van der Waals surface area (Å²) in [6.45, 7) is 1.17. The zero-order valence-corrected chi connectivity index (χ0v) is 18.9. The lowest BCUT2D eigenvalue weighted by Gasteiger charge is -2.15. The lowest BCUT2D eigenvalue weighted by atomic mass is 10.1. The quantitative estimate of drug-likeness (QED) is 0.455. The van der Waals surface area contributed by atoms with Crippen LogP contribution in [-0.2, 0) is 0 Å². The molecule has 3 heterocycles. The van der Waals surface area contributed by atoms with E-state index in [1.165, 1.54) is 18.5 Å². The van der Waals surface area contributed by atoms with E-state index < -0.39 is 24.4 Å². The van der Waals surface area contributed by atoms with Crippen molar-refractivity contribution in [3.8, 4) is 22.8 Å². The summed E-state index contributed by atoms with van der Waals surface area (Å²) in [5, 5.41) is 10.8. The molecule has 1 amide bonds. The standard InChI is InChI=1S/C25H22F2N6O2/c1-14-7-19(27)18(8-22(14)32-10-21(28-12-32)15-5-6-15)25(34)30-20-4-2-3-17-23(20)35-11-16(9-26)33-13-29-31-24(17)33/h2-4,7-8,10,12-13,15-16H,5-6,9,11H2,1H3,(H,30,34)/t16-/m0/s1. The van der Waals surface area contributed by atoms with Gasteiger partial charge in [-0.1, -0.05) is 6.07 Å². The molecule has 2 aromatic heterocycles. The number of halogens is 2. The van der Waals surface area contributed by atoms with Gasteiger partial charge in [-0.15, -0.1) is 10.2 Å². The van der Waals surface area contributed by atoms with Crippen LogP contribution in [0, 0.1) is 12.7 Å². The molecule has 1 N–H and O–H groups in total. The molecule has 178 valence electrons. The molecule has 1 aliphatic heterocycles. The number of aryl methyl sites for hydroxylation is 1. The molecule has 1 aliphatic carbocycles. The molecule has 8 nitrogen and oxygen atoms in total. The predicted molar refractivity (Wildman–Crippen MR) is 124 cm³/mol. The van der Waals surface area contributed by atoms with Crippen LogP contribution in [0.4, 0.5) is 14.5 Å². The SMILES string of the molecule is Cc1cc(F)c(C(=O)Nc2cccc3c2OC[C@H](CF)n2cnnc2-3)cc1-n1cnc(C2CC2)c1. The summed E-state index contributed by atoms with van der Waals surface area (Å²) in [7, 11) is 0. The average Bonchev–Trinajstić information content (AvgIpc) is 3.43. The average molecular weight is 476 g/mol. The second-order valence-electron chi connectivity index (χ2n) is 8.92. The zero-order chi connectivity index (χ0) is 24.1. The van der Waals surface area contributed by atoms with Gasteiger partial charge in [0.2, 0.25) is 0 Å². The highest BCUT2D eigenvalue weighted by Crippen LogP contribution is 2.40. The third-order valence-corrected chi connectivity index (χ3v) is 6.48. The number of aromatic nitrogens is 5. The second-order valence-corrected chi connectivity index (χ2v) is 8.92. The fourth-order valence-corrected chi connectivity index (χ4v) is 4.41. The van der Waals surface area contributed by atoms with Gasteiger partial charge in [0.15, 0.2) is 11.6 Å². The van der Waals surface area contributed by atoms with Crippen molar-refractivity contribution in [2.24, 2.45) is 0 Å². The lowest BCUT2D eigenvalue weighted by Crippen LogP contribution is -2.18. The fraction of sp³-hybridized carbons (Fsp3) is 0.280. The summed E-state index contributed by atoms with van der Waals surface area (Å²) in [5.74, 6) is -0.00694. The number of nitrogens with zero attached hydrogens (tertiary/aromatic N) is 5. The Kier molecular flexibility index (Phi) is 5.09. The first-order valence-electron chi connectivity index (χ1n) is 11.4. The molecular formula is C25H22F2N6O2. The summed E-state index contributed by atoms with van der Waals surface area (Å²) in [6, 6.07) is 7.40. The van der Waals surface area contributed by atoms with E-state index in [1.807, 2.05) is 10.8 Å². The number of rotatable bonds is 5. The van der Waals surface area contributed by atoms with Crippen LogP contribution in [0.2, 0.25) is 0 Å². The first kappa shape index (κ1) is 21.5. The van der Waals surface area contributed by atoms with Gasteiger partial charge < -0.3 is 19.2 Å². The van der Waals surface area contributed by atoms with E-state index in [0.29, 0.717) is 40.0 Å². The van der Waals surface area contributed by atoms with Crippen molar-refractivity contribution in [2.45, 2.75) is 31.7 Å². The second kappa shape index (κ2) is 8.30. The predicted octanol–water partition coefficient (Wildman–Crippen LogP) is 4.61. The van der Waals surface area contributed by atoms with Gasteiger partial charge in [0.25, 0.3) is 5.91 Å². The molecule has 0 saturated heterocycles. The van der Waals surface area contributed by atoms with Gasteiger partial charge in [0.1, 0.15) is 25.4 Å². The first-order valence-corrected chi connectivity index (χ1v) is 11.4. The van der Waals surface area contributed by atoms with Gasteiger partial charge in [-0.3, -0.25) is 4.79 Å². The number of anilines is 1. The van der Waals surface area contributed by atoms with E-state index in [2.05, 4.69) is 20.5 Å². The Hall–Kier alpha value is -4.08. The van der Waals surface area contributed by atoms with Crippen molar-refractivity contribution in [3.05, 3.63) is 71.8 Å². The van der Waals surface area contributed by atoms with Crippen molar-refractivity contribution >= 4 is 11.6 Å². The highest BCUT2D eigenvalue weighted by atomic mass is 19.1. The Morgan fingerprint density at radius 3 is 2.91 bits per heavy atom. The normalized spacial score (nSPS) is 16.7. The van der Waals surface area contributed by atoms with E-state index in [0.717, 1.165) is 18.5 Å². The molecule has 1 saturated carbocycles. The molecule has 0 spiro atoms. The van der Waals surface area contributed by atoms with E-state index in [9.17, 15) is 13.6 Å². The maximum Gasteiger partial charge on any atom is 0.258 e. The Balaban J connectivity index is 1.34. The number of carbonyl (C=O) groups excluding carboxylic acids is 1. The summed E-state index contributed by atoms with van der Waals surface area (Å²) in [6.07, 6.45) is 7.33. The van der Waals surface area contributed by atoms with E-state index in [-0.39, 0.29) is 12.2 Å². The van der Waals surface area contributed by atoms with Crippen molar-refractivity contribution in [1.29, 1.82) is 0 Å². The molecule has 35 heavy (non-hydrogen) atoms. The fourth-order valence-electron chi connectivity index (χ4n) is 4.41. The Bertz CT molecular complexity index is 1440. The Morgan fingerprint density at radius 2 is 2.11 bits per heavy atom. The van der Waals surface area contributed by atoms with Crippen molar-refractivity contribution in [1.82, 2.24) is 24.3 Å². The van der Waals surface area contributed by atoms with Crippen LogP contribution in [0.5, 0.6) is 5.75 Å². The number of nitrogens with one attached hydrogen (secondary N) is 1. The molecule has 0 unspecified atom stereocenters. The smallest absolute Gasteiger partial charge is 0.258 e. The maximum atomic E-state index is 14.9. The van der Waals surface area contributed by atoms with E-state index >= 15 is 0 Å². The van der Waals surface area contributed by atoms with Crippen LogP contribution in [0.1, 0.15) is 46.4 Å². The number of benzene rings is 2.